The number of thiazole rings is 1. The fourth-order valence-corrected chi connectivity index (χ4v) is 2.75. The zero-order chi connectivity index (χ0) is 9.97. The van der Waals surface area contributed by atoms with Gasteiger partial charge in [-0.25, -0.2) is 4.98 Å². The van der Waals surface area contributed by atoms with Crippen molar-refractivity contribution in [3.63, 3.8) is 0 Å². The van der Waals surface area contributed by atoms with Crippen molar-refractivity contribution >= 4 is 28.1 Å². The third-order valence-electron chi connectivity index (χ3n) is 2.42. The molecular formula is C9H13ClN2OS. The van der Waals surface area contributed by atoms with Crippen LogP contribution in [0.25, 0.3) is 0 Å². The van der Waals surface area contributed by atoms with E-state index < -0.39 is 0 Å². The summed E-state index contributed by atoms with van der Waals surface area (Å²) >= 11 is 7.39. The first kappa shape index (κ1) is 10.2. The van der Waals surface area contributed by atoms with Crippen molar-refractivity contribution in [3.8, 4) is 0 Å². The molecule has 14 heavy (non-hydrogen) atoms. The quantitative estimate of drug-likeness (QED) is 0.800. The molecule has 0 amide bonds. The maximum Gasteiger partial charge on any atom is 0.186 e. The molecule has 0 bridgehead atoms. The van der Waals surface area contributed by atoms with Gasteiger partial charge in [-0.3, -0.25) is 0 Å². The second kappa shape index (κ2) is 4.47. The standard InChI is InChI=1S/C9H13ClN2OS/c1-13-5-7-2-3-12(4-7)9-11-8(10)6-14-9/h6-7H,2-5H2,1H3. The Labute approximate surface area is 92.7 Å². The van der Waals surface area contributed by atoms with Crippen LogP contribution >= 0.6 is 22.9 Å². The third-order valence-corrected chi connectivity index (χ3v) is 3.65. The van der Waals surface area contributed by atoms with Crippen molar-refractivity contribution in [3.05, 3.63) is 10.5 Å². The molecule has 1 saturated heterocycles. The smallest absolute Gasteiger partial charge is 0.186 e. The number of rotatable bonds is 3. The normalized spacial score (nSPS) is 21.9. The zero-order valence-electron chi connectivity index (χ0n) is 8.07. The molecule has 78 valence electrons. The Morgan fingerprint density at radius 2 is 2.64 bits per heavy atom. The molecule has 1 aliphatic heterocycles. The highest BCUT2D eigenvalue weighted by Crippen LogP contribution is 2.28. The summed E-state index contributed by atoms with van der Waals surface area (Å²) in [6.07, 6.45) is 1.19. The Bertz CT molecular complexity index is 305. The highest BCUT2D eigenvalue weighted by atomic mass is 35.5. The molecule has 1 aliphatic rings. The predicted octanol–water partition coefficient (Wildman–Crippen LogP) is 2.27. The minimum atomic E-state index is 0.597. The fraction of sp³-hybridized carbons (Fsp3) is 0.667. The van der Waals surface area contributed by atoms with E-state index in [9.17, 15) is 0 Å². The van der Waals surface area contributed by atoms with Crippen molar-refractivity contribution in [2.75, 3.05) is 31.7 Å². The van der Waals surface area contributed by atoms with Gasteiger partial charge in [0.2, 0.25) is 0 Å². The van der Waals surface area contributed by atoms with E-state index in [-0.39, 0.29) is 0 Å². The topological polar surface area (TPSA) is 25.4 Å². The molecule has 1 aromatic rings. The van der Waals surface area contributed by atoms with E-state index >= 15 is 0 Å². The van der Waals surface area contributed by atoms with E-state index in [0.29, 0.717) is 11.1 Å². The average molecular weight is 233 g/mol. The number of aromatic nitrogens is 1. The molecule has 0 aliphatic carbocycles. The van der Waals surface area contributed by atoms with Gasteiger partial charge in [-0.15, -0.1) is 11.3 Å². The minimum Gasteiger partial charge on any atom is -0.384 e. The van der Waals surface area contributed by atoms with Gasteiger partial charge in [-0.05, 0) is 6.42 Å². The lowest BCUT2D eigenvalue weighted by molar-refractivity contribution is 0.161. The van der Waals surface area contributed by atoms with Crippen LogP contribution in [0.3, 0.4) is 0 Å². The van der Waals surface area contributed by atoms with Crippen LogP contribution in [0, 0.1) is 5.92 Å². The lowest BCUT2D eigenvalue weighted by atomic mass is 10.1. The maximum atomic E-state index is 5.78. The van der Waals surface area contributed by atoms with Gasteiger partial charge in [0, 0.05) is 31.5 Å². The van der Waals surface area contributed by atoms with E-state index in [2.05, 4.69) is 9.88 Å². The Morgan fingerprint density at radius 1 is 1.79 bits per heavy atom. The molecule has 0 saturated carbocycles. The van der Waals surface area contributed by atoms with Gasteiger partial charge in [0.25, 0.3) is 0 Å². The van der Waals surface area contributed by atoms with E-state index in [4.69, 9.17) is 16.3 Å². The van der Waals surface area contributed by atoms with Gasteiger partial charge in [-0.1, -0.05) is 11.6 Å². The van der Waals surface area contributed by atoms with E-state index in [0.717, 1.165) is 24.8 Å². The van der Waals surface area contributed by atoms with Crippen LogP contribution in [0.5, 0.6) is 0 Å². The molecule has 0 spiro atoms. The van der Waals surface area contributed by atoms with Gasteiger partial charge >= 0.3 is 0 Å². The van der Waals surface area contributed by atoms with Crippen LogP contribution in [0.2, 0.25) is 5.15 Å². The summed E-state index contributed by atoms with van der Waals surface area (Å²) in [5.41, 5.74) is 0. The van der Waals surface area contributed by atoms with Crippen molar-refractivity contribution < 1.29 is 4.74 Å². The van der Waals surface area contributed by atoms with Crippen molar-refractivity contribution in [1.82, 2.24) is 4.98 Å². The third kappa shape index (κ3) is 2.19. The van der Waals surface area contributed by atoms with Crippen LogP contribution in [0.15, 0.2) is 5.38 Å². The van der Waals surface area contributed by atoms with Crippen LogP contribution < -0.4 is 4.90 Å². The molecule has 0 N–H and O–H groups in total. The summed E-state index contributed by atoms with van der Waals surface area (Å²) in [6, 6.07) is 0. The van der Waals surface area contributed by atoms with Crippen LogP contribution in [0.1, 0.15) is 6.42 Å². The summed E-state index contributed by atoms with van der Waals surface area (Å²) in [6.45, 7) is 2.95. The summed E-state index contributed by atoms with van der Waals surface area (Å²) in [5.74, 6) is 0.641. The van der Waals surface area contributed by atoms with Crippen LogP contribution in [-0.2, 0) is 4.74 Å². The van der Waals surface area contributed by atoms with E-state index in [1.165, 1.54) is 6.42 Å². The number of ether oxygens (including phenoxy) is 1. The van der Waals surface area contributed by atoms with Gasteiger partial charge < -0.3 is 9.64 Å². The highest BCUT2D eigenvalue weighted by molar-refractivity contribution is 7.14. The summed E-state index contributed by atoms with van der Waals surface area (Å²) < 4.78 is 5.15. The molecule has 1 unspecified atom stereocenters. The predicted molar refractivity (Wildman–Crippen MR) is 59.3 cm³/mol. The minimum absolute atomic E-state index is 0.597. The molecular weight excluding hydrogens is 220 g/mol. The molecule has 5 heteroatoms. The van der Waals surface area contributed by atoms with Crippen LogP contribution in [-0.4, -0.2) is 31.8 Å². The zero-order valence-corrected chi connectivity index (χ0v) is 9.64. The second-order valence-corrected chi connectivity index (χ2v) is 4.73. The Morgan fingerprint density at radius 3 is 3.29 bits per heavy atom. The Hall–Kier alpha value is -0.320. The van der Waals surface area contributed by atoms with Gasteiger partial charge in [-0.2, -0.15) is 0 Å². The van der Waals surface area contributed by atoms with Crippen molar-refractivity contribution in [1.29, 1.82) is 0 Å². The van der Waals surface area contributed by atoms with Crippen molar-refractivity contribution in [2.24, 2.45) is 5.92 Å². The van der Waals surface area contributed by atoms with Crippen LogP contribution in [0.4, 0.5) is 5.13 Å². The molecule has 0 aromatic carbocycles. The monoisotopic (exact) mass is 232 g/mol. The molecule has 2 heterocycles. The number of methoxy groups -OCH3 is 1. The fourth-order valence-electron chi connectivity index (χ4n) is 1.77. The largest absolute Gasteiger partial charge is 0.384 e. The maximum absolute atomic E-state index is 5.78. The number of anilines is 1. The number of hydrogen-bond acceptors (Lipinski definition) is 4. The van der Waals surface area contributed by atoms with Gasteiger partial charge in [0.05, 0.1) is 6.61 Å². The van der Waals surface area contributed by atoms with E-state index in [1.54, 1.807) is 18.4 Å². The van der Waals surface area contributed by atoms with Gasteiger partial charge in [0.1, 0.15) is 5.15 Å². The Kier molecular flexibility index (Phi) is 3.26. The summed E-state index contributed by atoms with van der Waals surface area (Å²) in [7, 11) is 1.75. The first-order valence-electron chi connectivity index (χ1n) is 4.64. The number of nitrogens with zero attached hydrogens (tertiary/aromatic N) is 2. The molecule has 0 radical (unpaired) electrons. The molecule has 1 fully saturated rings. The molecule has 3 nitrogen and oxygen atoms in total. The van der Waals surface area contributed by atoms with E-state index in [1.807, 2.05) is 5.38 Å². The Balaban J connectivity index is 1.95. The molecule has 1 atom stereocenters. The van der Waals surface area contributed by atoms with Crippen molar-refractivity contribution in [2.45, 2.75) is 6.42 Å². The highest BCUT2D eigenvalue weighted by Gasteiger charge is 2.24. The number of halogens is 1. The summed E-state index contributed by atoms with van der Waals surface area (Å²) in [4.78, 5) is 6.53. The van der Waals surface area contributed by atoms with Gasteiger partial charge in [0.15, 0.2) is 5.13 Å². The first-order valence-corrected chi connectivity index (χ1v) is 5.90. The summed E-state index contributed by atoms with van der Waals surface area (Å²) in [5, 5.41) is 3.51. The first-order chi connectivity index (χ1) is 6.79. The SMILES string of the molecule is COCC1CCN(c2nc(Cl)cs2)C1. The average Bonchev–Trinajstić information content (AvgIpc) is 2.74. The number of hydrogen-bond donors (Lipinski definition) is 0. The molecule has 1 aromatic heterocycles. The molecule has 2 rings (SSSR count). The second-order valence-electron chi connectivity index (χ2n) is 3.51. The lowest BCUT2D eigenvalue weighted by Gasteiger charge is -2.14. The lowest BCUT2D eigenvalue weighted by Crippen LogP contribution is -2.20.